The zero-order valence-electron chi connectivity index (χ0n) is 40.1. The lowest BCUT2D eigenvalue weighted by molar-refractivity contribution is 0.802. The third-order valence-electron chi connectivity index (χ3n) is 14.9. The molecule has 0 aromatic heterocycles. The van der Waals surface area contributed by atoms with E-state index in [0.717, 1.165) is 45.3 Å². The maximum atomic E-state index is 3.97. The number of rotatable bonds is 10. The molecule has 0 bridgehead atoms. The van der Waals surface area contributed by atoms with Crippen LogP contribution in [-0.2, 0) is 5.41 Å². The molecule has 0 fully saturated rings. The number of nitrogens with zero attached hydrogens (tertiary/aromatic N) is 2. The first-order valence-electron chi connectivity index (χ1n) is 24.9. The Kier molecular flexibility index (Phi) is 10.5. The highest BCUT2D eigenvalue weighted by Crippen LogP contribution is 2.64. The summed E-state index contributed by atoms with van der Waals surface area (Å²) in [7, 11) is 0. The standard InChI is InChI=1S/C70H50N2/c1-3-18-48(19-4-2)50-30-36-58(37-31-50)72(56-24-12-7-13-25-56)60-41-43-61-53(44-60)35-42-64-65-46-52-34-40-59(71(55-22-10-6-11-23-55)57-38-32-51(33-39-57)49-20-8-5-9-21-49)45-54(52)47-68(65)70(69(61)64)66-28-16-14-26-62(66)63-27-15-17-29-67(63)70/h3-47H,1H2,2H3/b19-4-,48-18+. The molecule has 0 N–H and O–H groups in total. The molecule has 0 atom stereocenters. The van der Waals surface area contributed by atoms with Crippen LogP contribution in [0.3, 0.4) is 0 Å². The summed E-state index contributed by atoms with van der Waals surface area (Å²) in [6, 6.07) is 91.9. The summed E-state index contributed by atoms with van der Waals surface area (Å²) in [6.45, 7) is 6.02. The van der Waals surface area contributed by atoms with Gasteiger partial charge in [-0.1, -0.05) is 195 Å². The maximum Gasteiger partial charge on any atom is 0.0731 e. The van der Waals surface area contributed by atoms with Crippen LogP contribution in [0.1, 0.15) is 34.7 Å². The van der Waals surface area contributed by atoms with Crippen molar-refractivity contribution in [2.24, 2.45) is 0 Å². The molecule has 0 saturated carbocycles. The summed E-state index contributed by atoms with van der Waals surface area (Å²) in [5.41, 5.74) is 21.2. The summed E-state index contributed by atoms with van der Waals surface area (Å²) >= 11 is 0. The Morgan fingerprint density at radius 3 is 1.50 bits per heavy atom. The molecular weight excluding hydrogens is 869 g/mol. The summed E-state index contributed by atoms with van der Waals surface area (Å²) < 4.78 is 0. The van der Waals surface area contributed by atoms with E-state index in [2.05, 4.69) is 283 Å². The Morgan fingerprint density at radius 2 is 0.889 bits per heavy atom. The van der Waals surface area contributed by atoms with Crippen LogP contribution in [0.15, 0.2) is 280 Å². The number of para-hydroxylation sites is 2. The molecule has 0 heterocycles. The van der Waals surface area contributed by atoms with Gasteiger partial charge in [0.15, 0.2) is 0 Å². The van der Waals surface area contributed by atoms with Crippen molar-refractivity contribution in [3.63, 3.8) is 0 Å². The highest BCUT2D eigenvalue weighted by Gasteiger charge is 2.52. The van der Waals surface area contributed by atoms with Crippen LogP contribution in [0.5, 0.6) is 0 Å². The van der Waals surface area contributed by atoms with Gasteiger partial charge in [-0.05, 0) is 180 Å². The minimum absolute atomic E-state index is 0.548. The van der Waals surface area contributed by atoms with E-state index in [4.69, 9.17) is 0 Å². The molecule has 0 radical (unpaired) electrons. The van der Waals surface area contributed by atoms with Gasteiger partial charge in [-0.3, -0.25) is 0 Å². The first kappa shape index (κ1) is 42.8. The van der Waals surface area contributed by atoms with Crippen molar-refractivity contribution in [3.05, 3.63) is 307 Å². The van der Waals surface area contributed by atoms with Crippen LogP contribution in [0, 0.1) is 0 Å². The Bertz CT molecular complexity index is 3880. The summed E-state index contributed by atoms with van der Waals surface area (Å²) in [5.74, 6) is 0. The average molecular weight is 919 g/mol. The Labute approximate surface area is 422 Å². The monoisotopic (exact) mass is 918 g/mol. The smallest absolute Gasteiger partial charge is 0.0731 e. The fourth-order valence-corrected chi connectivity index (χ4v) is 11.8. The largest absolute Gasteiger partial charge is 0.310 e. The quantitative estimate of drug-likeness (QED) is 0.126. The van der Waals surface area contributed by atoms with Crippen LogP contribution in [0.25, 0.3) is 60.5 Å². The predicted octanol–water partition coefficient (Wildman–Crippen LogP) is 19.1. The molecule has 72 heavy (non-hydrogen) atoms. The Hall–Kier alpha value is -9.24. The van der Waals surface area contributed by atoms with Gasteiger partial charge < -0.3 is 9.80 Å². The van der Waals surface area contributed by atoms with Gasteiger partial charge in [0.1, 0.15) is 0 Å². The molecule has 2 heteroatoms. The molecule has 11 aromatic carbocycles. The molecule has 2 aliphatic rings. The van der Waals surface area contributed by atoms with Crippen LogP contribution in [0.4, 0.5) is 34.1 Å². The third kappa shape index (κ3) is 6.87. The van der Waals surface area contributed by atoms with Crippen molar-refractivity contribution in [3.8, 4) is 33.4 Å². The molecule has 340 valence electrons. The van der Waals surface area contributed by atoms with E-state index in [9.17, 15) is 0 Å². The number of benzene rings is 11. The summed E-state index contributed by atoms with van der Waals surface area (Å²) in [4.78, 5) is 4.75. The number of allylic oxidation sites excluding steroid dienone is 5. The minimum Gasteiger partial charge on any atom is -0.310 e. The SMILES string of the molecule is C=C/C=C(\C=C/C)c1ccc(N(c2ccccc2)c2ccc3c4c(ccc3c2)-c2cc3ccc(N(c5ccccc5)c5ccc(-c6ccccc6)cc5)cc3cc2C42c3ccccc3-c3ccccc32)cc1. The first-order chi connectivity index (χ1) is 35.6. The Balaban J connectivity index is 0.991. The lowest BCUT2D eigenvalue weighted by atomic mass is 9.69. The molecule has 0 amide bonds. The second-order valence-electron chi connectivity index (χ2n) is 18.8. The number of anilines is 6. The average Bonchev–Trinajstić information content (AvgIpc) is 3.91. The number of hydrogen-bond donors (Lipinski definition) is 0. The fourth-order valence-electron chi connectivity index (χ4n) is 11.8. The lowest BCUT2D eigenvalue weighted by Crippen LogP contribution is -2.26. The van der Waals surface area contributed by atoms with Crippen LogP contribution in [-0.4, -0.2) is 0 Å². The summed E-state index contributed by atoms with van der Waals surface area (Å²) in [5, 5.41) is 4.87. The van der Waals surface area contributed by atoms with Crippen molar-refractivity contribution < 1.29 is 0 Å². The topological polar surface area (TPSA) is 6.48 Å². The first-order valence-corrected chi connectivity index (χ1v) is 24.9. The minimum atomic E-state index is -0.548. The van der Waals surface area contributed by atoms with Gasteiger partial charge in [0.25, 0.3) is 0 Å². The van der Waals surface area contributed by atoms with E-state index in [0.29, 0.717) is 0 Å². The van der Waals surface area contributed by atoms with Gasteiger partial charge in [0, 0.05) is 34.1 Å². The fraction of sp³-hybridized carbons (Fsp3) is 0.0286. The molecule has 0 unspecified atom stereocenters. The molecule has 2 nitrogen and oxygen atoms in total. The molecule has 1 spiro atoms. The van der Waals surface area contributed by atoms with Crippen molar-refractivity contribution in [1.82, 2.24) is 0 Å². The van der Waals surface area contributed by atoms with Gasteiger partial charge in [-0.15, -0.1) is 0 Å². The summed E-state index contributed by atoms with van der Waals surface area (Å²) in [6.07, 6.45) is 8.11. The lowest BCUT2D eigenvalue weighted by Gasteiger charge is -2.32. The van der Waals surface area contributed by atoms with E-state index in [-0.39, 0.29) is 0 Å². The van der Waals surface area contributed by atoms with Crippen molar-refractivity contribution in [2.75, 3.05) is 9.80 Å². The van der Waals surface area contributed by atoms with Gasteiger partial charge in [0.2, 0.25) is 0 Å². The molecule has 13 rings (SSSR count). The van der Waals surface area contributed by atoms with Crippen molar-refractivity contribution >= 4 is 61.2 Å². The van der Waals surface area contributed by atoms with E-state index in [1.807, 2.05) is 13.0 Å². The zero-order chi connectivity index (χ0) is 48.2. The van der Waals surface area contributed by atoms with Crippen LogP contribution in [0.2, 0.25) is 0 Å². The van der Waals surface area contributed by atoms with Gasteiger partial charge in [0.05, 0.1) is 5.41 Å². The molecule has 0 saturated heterocycles. The van der Waals surface area contributed by atoms with Crippen LogP contribution < -0.4 is 9.80 Å². The van der Waals surface area contributed by atoms with Gasteiger partial charge >= 0.3 is 0 Å². The highest BCUT2D eigenvalue weighted by molar-refractivity contribution is 6.07. The molecule has 2 aliphatic carbocycles. The number of hydrogen-bond acceptors (Lipinski definition) is 2. The second-order valence-corrected chi connectivity index (χ2v) is 18.8. The van der Waals surface area contributed by atoms with Crippen LogP contribution >= 0.6 is 0 Å². The van der Waals surface area contributed by atoms with E-state index >= 15 is 0 Å². The number of fused-ring (bicyclic) bond motifs is 13. The molecule has 0 aliphatic heterocycles. The van der Waals surface area contributed by atoms with E-state index < -0.39 is 5.41 Å². The molecule has 11 aromatic rings. The predicted molar refractivity (Wildman–Crippen MR) is 306 cm³/mol. The van der Waals surface area contributed by atoms with Gasteiger partial charge in [-0.2, -0.15) is 0 Å². The zero-order valence-corrected chi connectivity index (χ0v) is 40.1. The third-order valence-corrected chi connectivity index (χ3v) is 14.9. The van der Waals surface area contributed by atoms with E-state index in [1.54, 1.807) is 0 Å². The maximum absolute atomic E-state index is 3.97. The Morgan fingerprint density at radius 1 is 0.389 bits per heavy atom. The van der Waals surface area contributed by atoms with Crippen molar-refractivity contribution in [2.45, 2.75) is 12.3 Å². The van der Waals surface area contributed by atoms with Crippen molar-refractivity contribution in [1.29, 1.82) is 0 Å². The van der Waals surface area contributed by atoms with E-state index in [1.165, 1.54) is 77.2 Å². The highest BCUT2D eigenvalue weighted by atomic mass is 15.1. The normalized spacial score (nSPS) is 13.0. The molecular formula is C70H50N2. The van der Waals surface area contributed by atoms with Gasteiger partial charge in [-0.25, -0.2) is 0 Å². The second kappa shape index (κ2) is 17.6.